The van der Waals surface area contributed by atoms with E-state index in [9.17, 15) is 18.0 Å². The molecule has 164 valence electrons. The van der Waals surface area contributed by atoms with Crippen LogP contribution >= 0.6 is 0 Å². The molecule has 0 aliphatic carbocycles. The number of rotatable bonds is 5. The molecule has 8 heteroatoms. The third-order valence-corrected chi connectivity index (χ3v) is 7.15. The monoisotopic (exact) mass is 450 g/mol. The molecule has 1 aliphatic heterocycles. The van der Waals surface area contributed by atoms with E-state index in [0.29, 0.717) is 29.0 Å². The van der Waals surface area contributed by atoms with Crippen molar-refractivity contribution in [3.63, 3.8) is 0 Å². The number of anilines is 2. The van der Waals surface area contributed by atoms with E-state index < -0.39 is 16.0 Å². The molecule has 0 atom stereocenters. The zero-order valence-electron chi connectivity index (χ0n) is 17.4. The summed E-state index contributed by atoms with van der Waals surface area (Å²) < 4.78 is 32.5. The molecular weight excluding hydrogens is 428 g/mol. The van der Waals surface area contributed by atoms with Gasteiger partial charge in [-0.1, -0.05) is 24.3 Å². The molecule has 1 N–H and O–H groups in total. The Hall–Kier alpha value is -3.65. The molecule has 0 saturated carbocycles. The summed E-state index contributed by atoms with van der Waals surface area (Å²) in [6.45, 7) is 0.372. The van der Waals surface area contributed by atoms with Crippen molar-refractivity contribution in [2.24, 2.45) is 0 Å². The lowest BCUT2D eigenvalue weighted by molar-refractivity contribution is 0.0600. The molecule has 0 fully saturated rings. The Morgan fingerprint density at radius 1 is 0.938 bits per heavy atom. The number of carbonyl (C=O) groups excluding carboxylic acids is 2. The highest BCUT2D eigenvalue weighted by Gasteiger charge is 2.29. The Labute approximate surface area is 186 Å². The van der Waals surface area contributed by atoms with Crippen molar-refractivity contribution in [1.82, 2.24) is 0 Å². The van der Waals surface area contributed by atoms with Crippen LogP contribution in [0.1, 0.15) is 32.7 Å². The fourth-order valence-electron chi connectivity index (χ4n) is 3.67. The first-order valence-electron chi connectivity index (χ1n) is 10.1. The molecule has 32 heavy (non-hydrogen) atoms. The molecule has 0 aromatic heterocycles. The van der Waals surface area contributed by atoms with Gasteiger partial charge in [-0.2, -0.15) is 0 Å². The number of aryl methyl sites for hydroxylation is 1. The average Bonchev–Trinajstić information content (AvgIpc) is 2.83. The van der Waals surface area contributed by atoms with Crippen LogP contribution in [-0.4, -0.2) is 33.9 Å². The normalized spacial score (nSPS) is 13.2. The van der Waals surface area contributed by atoms with Gasteiger partial charge in [0.15, 0.2) is 0 Å². The van der Waals surface area contributed by atoms with Gasteiger partial charge in [0.05, 0.1) is 23.3 Å². The zero-order valence-corrected chi connectivity index (χ0v) is 18.3. The summed E-state index contributed by atoms with van der Waals surface area (Å²) in [5, 5.41) is 2.81. The van der Waals surface area contributed by atoms with Crippen molar-refractivity contribution in [2.45, 2.75) is 17.7 Å². The lowest BCUT2D eigenvalue weighted by atomic mass is 10.0. The summed E-state index contributed by atoms with van der Waals surface area (Å²) in [5.74, 6) is -0.846. The van der Waals surface area contributed by atoms with Gasteiger partial charge in [-0.3, -0.25) is 9.10 Å². The first-order chi connectivity index (χ1) is 15.4. The van der Waals surface area contributed by atoms with Gasteiger partial charge >= 0.3 is 5.97 Å². The molecule has 3 aromatic carbocycles. The predicted molar refractivity (Wildman–Crippen MR) is 121 cm³/mol. The van der Waals surface area contributed by atoms with Gasteiger partial charge < -0.3 is 10.1 Å². The van der Waals surface area contributed by atoms with E-state index in [2.05, 4.69) is 10.1 Å². The fourth-order valence-corrected chi connectivity index (χ4v) is 5.22. The Morgan fingerprint density at radius 2 is 1.62 bits per heavy atom. The quantitative estimate of drug-likeness (QED) is 0.596. The van der Waals surface area contributed by atoms with Gasteiger partial charge in [0.25, 0.3) is 15.9 Å². The molecule has 4 rings (SSSR count). The highest BCUT2D eigenvalue weighted by Crippen LogP contribution is 2.34. The van der Waals surface area contributed by atoms with Crippen molar-refractivity contribution in [2.75, 3.05) is 23.3 Å². The molecule has 0 radical (unpaired) electrons. The van der Waals surface area contributed by atoms with Gasteiger partial charge in [0, 0.05) is 17.8 Å². The van der Waals surface area contributed by atoms with Crippen LogP contribution in [0.3, 0.4) is 0 Å². The Balaban J connectivity index is 1.60. The standard InChI is InChI=1S/C24H22N2O5S/c1-31-24(28)19-11-9-18(10-12-19)23(27)25-20-14-13-17-6-5-15-26(22(17)16-20)32(29,30)21-7-3-2-4-8-21/h2-4,7-14,16H,5-6,15H2,1H3,(H,25,27). The average molecular weight is 451 g/mol. The van der Waals surface area contributed by atoms with Crippen molar-refractivity contribution in [3.8, 4) is 0 Å². The zero-order chi connectivity index (χ0) is 22.7. The van der Waals surface area contributed by atoms with Gasteiger partial charge in [0.2, 0.25) is 0 Å². The Kier molecular flexibility index (Phi) is 5.96. The molecule has 1 aliphatic rings. The van der Waals surface area contributed by atoms with Crippen LogP contribution in [0.25, 0.3) is 0 Å². The number of amides is 1. The third-order valence-electron chi connectivity index (χ3n) is 5.32. The van der Waals surface area contributed by atoms with Gasteiger partial charge in [-0.05, 0) is 66.9 Å². The van der Waals surface area contributed by atoms with Crippen molar-refractivity contribution in [3.05, 3.63) is 89.5 Å². The number of benzene rings is 3. The van der Waals surface area contributed by atoms with Crippen LogP contribution in [0.2, 0.25) is 0 Å². The summed E-state index contributed by atoms with van der Waals surface area (Å²) in [5.41, 5.74) is 2.68. The maximum Gasteiger partial charge on any atom is 0.337 e. The van der Waals surface area contributed by atoms with Crippen molar-refractivity contribution >= 4 is 33.3 Å². The number of sulfonamides is 1. The van der Waals surface area contributed by atoms with Gasteiger partial charge in [-0.25, -0.2) is 13.2 Å². The smallest absolute Gasteiger partial charge is 0.337 e. The molecule has 1 amide bonds. The largest absolute Gasteiger partial charge is 0.465 e. The number of nitrogens with zero attached hydrogens (tertiary/aromatic N) is 1. The van der Waals surface area contributed by atoms with Crippen molar-refractivity contribution < 1.29 is 22.7 Å². The van der Waals surface area contributed by atoms with Crippen LogP contribution in [0.5, 0.6) is 0 Å². The summed E-state index contributed by atoms with van der Waals surface area (Å²) in [7, 11) is -2.42. The molecule has 7 nitrogen and oxygen atoms in total. The van der Waals surface area contributed by atoms with E-state index in [1.165, 1.54) is 35.7 Å². The third kappa shape index (κ3) is 4.22. The molecule has 3 aromatic rings. The number of carbonyl (C=O) groups is 2. The fraction of sp³-hybridized carbons (Fsp3) is 0.167. The first-order valence-corrected chi connectivity index (χ1v) is 11.5. The van der Waals surface area contributed by atoms with Crippen LogP contribution < -0.4 is 9.62 Å². The minimum atomic E-state index is -3.71. The van der Waals surface area contributed by atoms with Gasteiger partial charge in [0.1, 0.15) is 0 Å². The van der Waals surface area contributed by atoms with E-state index in [0.717, 1.165) is 18.4 Å². The molecule has 1 heterocycles. The highest BCUT2D eigenvalue weighted by molar-refractivity contribution is 7.92. The summed E-state index contributed by atoms with van der Waals surface area (Å²) >= 11 is 0. The number of methoxy groups -OCH3 is 1. The summed E-state index contributed by atoms with van der Waals surface area (Å²) in [6.07, 6.45) is 1.48. The molecule has 0 spiro atoms. The molecule has 0 saturated heterocycles. The van der Waals surface area contributed by atoms with E-state index in [-0.39, 0.29) is 10.8 Å². The summed E-state index contributed by atoms with van der Waals surface area (Å²) in [6, 6.07) is 19.7. The van der Waals surface area contributed by atoms with Crippen molar-refractivity contribution in [1.29, 1.82) is 0 Å². The highest BCUT2D eigenvalue weighted by atomic mass is 32.2. The van der Waals surface area contributed by atoms with E-state index >= 15 is 0 Å². The van der Waals surface area contributed by atoms with Crippen LogP contribution in [-0.2, 0) is 21.2 Å². The van der Waals surface area contributed by atoms with E-state index in [4.69, 9.17) is 0 Å². The Bertz CT molecular complexity index is 1260. The lowest BCUT2D eigenvalue weighted by Gasteiger charge is -2.31. The number of hydrogen-bond acceptors (Lipinski definition) is 5. The minimum absolute atomic E-state index is 0.230. The summed E-state index contributed by atoms with van der Waals surface area (Å²) in [4.78, 5) is 24.5. The minimum Gasteiger partial charge on any atom is -0.465 e. The maximum atomic E-state index is 13.2. The number of nitrogens with one attached hydrogen (secondary N) is 1. The van der Waals surface area contributed by atoms with E-state index in [1.807, 2.05) is 6.07 Å². The van der Waals surface area contributed by atoms with Gasteiger partial charge in [-0.15, -0.1) is 0 Å². The topological polar surface area (TPSA) is 92.8 Å². The second kappa shape index (κ2) is 8.84. The Morgan fingerprint density at radius 3 is 2.31 bits per heavy atom. The molecule has 0 bridgehead atoms. The lowest BCUT2D eigenvalue weighted by Crippen LogP contribution is -2.35. The van der Waals surface area contributed by atoms with Crippen LogP contribution in [0.15, 0.2) is 77.7 Å². The predicted octanol–water partition coefficient (Wildman–Crippen LogP) is 3.87. The maximum absolute atomic E-state index is 13.2. The number of fused-ring (bicyclic) bond motifs is 1. The number of ether oxygens (including phenoxy) is 1. The second-order valence-electron chi connectivity index (χ2n) is 7.36. The SMILES string of the molecule is COC(=O)c1ccc(C(=O)Nc2ccc3c(c2)N(S(=O)(=O)c2ccccc2)CCC3)cc1. The second-order valence-corrected chi connectivity index (χ2v) is 9.22. The van der Waals surface area contributed by atoms with Crippen LogP contribution in [0.4, 0.5) is 11.4 Å². The van der Waals surface area contributed by atoms with Crippen LogP contribution in [0, 0.1) is 0 Å². The number of esters is 1. The number of hydrogen-bond donors (Lipinski definition) is 1. The molecule has 0 unspecified atom stereocenters. The first kappa shape index (κ1) is 21.6. The van der Waals surface area contributed by atoms with E-state index in [1.54, 1.807) is 42.5 Å². The molecular formula is C24H22N2O5S.